The highest BCUT2D eigenvalue weighted by Gasteiger charge is 2.33. The molecule has 2 heterocycles. The molecule has 8 heteroatoms. The number of thioether (sulfide) groups is 1. The van der Waals surface area contributed by atoms with Crippen LogP contribution < -0.4 is 4.90 Å². The summed E-state index contributed by atoms with van der Waals surface area (Å²) < 4.78 is 2.32. The zero-order valence-electron chi connectivity index (χ0n) is 17.7. The van der Waals surface area contributed by atoms with E-state index in [0.717, 1.165) is 28.1 Å². The van der Waals surface area contributed by atoms with Crippen LogP contribution in [-0.2, 0) is 11.3 Å². The van der Waals surface area contributed by atoms with Crippen molar-refractivity contribution in [2.45, 2.75) is 6.54 Å². The standard InChI is InChI=1S/C26H17Cl2N3OS2/c27-20-12-11-18(22(28)14-20)15-30-16-19(24(29-30)17-7-3-1-4-8-17)13-23-25(32)31(26(33)34-23)21-9-5-2-6-10-21/h1-14,16H,15H2/b23-13-. The molecule has 1 amide bonds. The molecule has 0 N–H and O–H groups in total. The van der Waals surface area contributed by atoms with Gasteiger partial charge in [0, 0.05) is 27.4 Å². The third-order valence-corrected chi connectivity index (χ3v) is 7.17. The Kier molecular flexibility index (Phi) is 6.57. The average molecular weight is 522 g/mol. The lowest BCUT2D eigenvalue weighted by Crippen LogP contribution is -2.27. The van der Waals surface area contributed by atoms with Crippen molar-refractivity contribution in [2.75, 3.05) is 4.90 Å². The maximum Gasteiger partial charge on any atom is 0.270 e. The van der Waals surface area contributed by atoms with E-state index in [4.69, 9.17) is 40.5 Å². The van der Waals surface area contributed by atoms with Crippen LogP contribution in [0.5, 0.6) is 0 Å². The second kappa shape index (κ2) is 9.76. The second-order valence-corrected chi connectivity index (χ2v) is 10.1. The monoisotopic (exact) mass is 521 g/mol. The highest BCUT2D eigenvalue weighted by molar-refractivity contribution is 8.27. The van der Waals surface area contributed by atoms with E-state index in [-0.39, 0.29) is 5.91 Å². The number of para-hydroxylation sites is 1. The smallest absolute Gasteiger partial charge is 0.268 e. The predicted octanol–water partition coefficient (Wildman–Crippen LogP) is 7.31. The molecule has 1 aliphatic heterocycles. The first kappa shape index (κ1) is 22.9. The van der Waals surface area contributed by atoms with Crippen LogP contribution in [-0.4, -0.2) is 20.0 Å². The SMILES string of the molecule is O=C1/C(=C/c2cn(Cc3ccc(Cl)cc3Cl)nc2-c2ccccc2)SC(=S)N1c1ccccc1. The molecule has 0 bridgehead atoms. The van der Waals surface area contributed by atoms with Gasteiger partial charge in [-0.3, -0.25) is 14.4 Å². The quantitative estimate of drug-likeness (QED) is 0.204. The third kappa shape index (κ3) is 4.68. The number of hydrogen-bond donors (Lipinski definition) is 0. The summed E-state index contributed by atoms with van der Waals surface area (Å²) in [7, 11) is 0. The van der Waals surface area contributed by atoms with E-state index in [1.807, 2.05) is 83.7 Å². The Balaban J connectivity index is 1.53. The Bertz CT molecular complexity index is 1420. The Morgan fingerprint density at radius 3 is 2.38 bits per heavy atom. The lowest BCUT2D eigenvalue weighted by atomic mass is 10.1. The van der Waals surface area contributed by atoms with Gasteiger partial charge in [0.05, 0.1) is 22.8 Å². The molecule has 3 aromatic carbocycles. The van der Waals surface area contributed by atoms with E-state index in [0.29, 0.717) is 25.8 Å². The fourth-order valence-corrected chi connectivity index (χ4v) is 5.43. The third-order valence-electron chi connectivity index (χ3n) is 5.28. The van der Waals surface area contributed by atoms with Gasteiger partial charge in [-0.15, -0.1) is 0 Å². The van der Waals surface area contributed by atoms with Gasteiger partial charge < -0.3 is 0 Å². The van der Waals surface area contributed by atoms with Crippen LogP contribution in [0.4, 0.5) is 5.69 Å². The molecule has 0 atom stereocenters. The van der Waals surface area contributed by atoms with Crippen LogP contribution in [0.15, 0.2) is 90.0 Å². The van der Waals surface area contributed by atoms with Crippen molar-refractivity contribution >= 4 is 69.2 Å². The zero-order chi connectivity index (χ0) is 23.7. The molecule has 1 aliphatic rings. The number of hydrogen-bond acceptors (Lipinski definition) is 4. The minimum atomic E-state index is -0.145. The van der Waals surface area contributed by atoms with E-state index in [9.17, 15) is 4.79 Å². The van der Waals surface area contributed by atoms with Crippen LogP contribution >= 0.6 is 47.2 Å². The molecule has 34 heavy (non-hydrogen) atoms. The van der Waals surface area contributed by atoms with Crippen LogP contribution in [0.1, 0.15) is 11.1 Å². The number of thiocarbonyl (C=S) groups is 1. The highest BCUT2D eigenvalue weighted by Crippen LogP contribution is 2.37. The lowest BCUT2D eigenvalue weighted by Gasteiger charge is -2.13. The molecule has 0 saturated carbocycles. The van der Waals surface area contributed by atoms with Crippen LogP contribution in [0.25, 0.3) is 17.3 Å². The molecule has 0 spiro atoms. The van der Waals surface area contributed by atoms with E-state index >= 15 is 0 Å². The Morgan fingerprint density at radius 2 is 1.68 bits per heavy atom. The molecule has 1 fully saturated rings. The van der Waals surface area contributed by atoms with Crippen molar-refractivity contribution in [3.8, 4) is 11.3 Å². The van der Waals surface area contributed by atoms with Gasteiger partial charge in [0.25, 0.3) is 5.91 Å². The maximum atomic E-state index is 13.2. The zero-order valence-corrected chi connectivity index (χ0v) is 20.8. The van der Waals surface area contributed by atoms with Gasteiger partial charge >= 0.3 is 0 Å². The largest absolute Gasteiger partial charge is 0.270 e. The normalized spacial score (nSPS) is 14.9. The number of halogens is 2. The first-order valence-corrected chi connectivity index (χ1v) is 12.4. The van der Waals surface area contributed by atoms with E-state index in [1.165, 1.54) is 11.8 Å². The van der Waals surface area contributed by atoms with Gasteiger partial charge in [0.2, 0.25) is 0 Å². The Morgan fingerprint density at radius 1 is 0.971 bits per heavy atom. The Labute approximate surface area is 216 Å². The molecular weight excluding hydrogens is 505 g/mol. The van der Waals surface area contributed by atoms with Gasteiger partial charge in [-0.2, -0.15) is 5.10 Å². The van der Waals surface area contributed by atoms with Gasteiger partial charge in [0.1, 0.15) is 0 Å². The number of carbonyl (C=O) groups excluding carboxylic acids is 1. The predicted molar refractivity (Wildman–Crippen MR) is 145 cm³/mol. The number of anilines is 1. The number of nitrogens with zero attached hydrogens (tertiary/aromatic N) is 3. The lowest BCUT2D eigenvalue weighted by molar-refractivity contribution is -0.113. The second-order valence-electron chi connectivity index (χ2n) is 7.59. The van der Waals surface area contributed by atoms with Gasteiger partial charge in [-0.05, 0) is 35.9 Å². The first-order valence-electron chi connectivity index (χ1n) is 10.4. The summed E-state index contributed by atoms with van der Waals surface area (Å²) in [6, 6.07) is 24.7. The van der Waals surface area contributed by atoms with Crippen molar-refractivity contribution in [1.82, 2.24) is 9.78 Å². The summed E-state index contributed by atoms with van der Waals surface area (Å²) in [4.78, 5) is 15.3. The topological polar surface area (TPSA) is 38.1 Å². The summed E-state index contributed by atoms with van der Waals surface area (Å²) in [5.74, 6) is -0.145. The number of carbonyl (C=O) groups is 1. The van der Waals surface area contributed by atoms with Gasteiger partial charge in [0.15, 0.2) is 4.32 Å². The number of amides is 1. The van der Waals surface area contributed by atoms with Crippen LogP contribution in [0.2, 0.25) is 10.0 Å². The fraction of sp³-hybridized carbons (Fsp3) is 0.0385. The molecule has 0 radical (unpaired) electrons. The highest BCUT2D eigenvalue weighted by atomic mass is 35.5. The molecular formula is C26H17Cl2N3OS2. The number of aromatic nitrogens is 2. The summed E-state index contributed by atoms with van der Waals surface area (Å²) in [6.45, 7) is 0.467. The molecule has 0 unspecified atom stereocenters. The fourth-order valence-electron chi connectivity index (χ4n) is 3.68. The van der Waals surface area contributed by atoms with Crippen molar-refractivity contribution in [3.05, 3.63) is 111 Å². The first-order chi connectivity index (χ1) is 16.5. The minimum Gasteiger partial charge on any atom is -0.268 e. The van der Waals surface area contributed by atoms with E-state index in [1.54, 1.807) is 17.0 Å². The van der Waals surface area contributed by atoms with Gasteiger partial charge in [-0.25, -0.2) is 0 Å². The molecule has 0 aliphatic carbocycles. The summed E-state index contributed by atoms with van der Waals surface area (Å²) in [5.41, 5.74) is 4.20. The van der Waals surface area contributed by atoms with Crippen molar-refractivity contribution < 1.29 is 4.79 Å². The molecule has 4 aromatic rings. The Hall–Kier alpha value is -2.90. The van der Waals surface area contributed by atoms with E-state index < -0.39 is 0 Å². The van der Waals surface area contributed by atoms with Gasteiger partial charge in [-0.1, -0.05) is 102 Å². The van der Waals surface area contributed by atoms with Crippen molar-refractivity contribution in [1.29, 1.82) is 0 Å². The molecule has 5 rings (SSSR count). The minimum absolute atomic E-state index is 0.145. The summed E-state index contributed by atoms with van der Waals surface area (Å²) >= 11 is 19.2. The molecule has 1 aromatic heterocycles. The van der Waals surface area contributed by atoms with Crippen LogP contribution in [0, 0.1) is 0 Å². The molecule has 168 valence electrons. The number of benzene rings is 3. The molecule has 1 saturated heterocycles. The summed E-state index contributed by atoms with van der Waals surface area (Å²) in [5, 5.41) is 5.98. The number of rotatable bonds is 5. The van der Waals surface area contributed by atoms with Crippen molar-refractivity contribution in [2.24, 2.45) is 0 Å². The summed E-state index contributed by atoms with van der Waals surface area (Å²) in [6.07, 6.45) is 3.78. The average Bonchev–Trinajstić information content (AvgIpc) is 3.36. The molecule has 4 nitrogen and oxygen atoms in total. The van der Waals surface area contributed by atoms with Crippen molar-refractivity contribution in [3.63, 3.8) is 0 Å². The van der Waals surface area contributed by atoms with E-state index in [2.05, 4.69) is 0 Å². The van der Waals surface area contributed by atoms with Crippen LogP contribution in [0.3, 0.4) is 0 Å². The maximum absolute atomic E-state index is 13.2.